The van der Waals surface area contributed by atoms with Crippen LogP contribution in [-0.2, 0) is 10.0 Å². The van der Waals surface area contributed by atoms with Gasteiger partial charge in [-0.3, -0.25) is 0 Å². The van der Waals surface area contributed by atoms with E-state index >= 15 is 0 Å². The zero-order valence-corrected chi connectivity index (χ0v) is 12.9. The fourth-order valence-electron chi connectivity index (χ4n) is 2.50. The van der Waals surface area contributed by atoms with Crippen molar-refractivity contribution in [1.29, 1.82) is 0 Å². The second-order valence-electron chi connectivity index (χ2n) is 6.19. The number of hydrogen-bond donors (Lipinski definition) is 2. The van der Waals surface area contributed by atoms with Gasteiger partial charge in [0.15, 0.2) is 5.03 Å². The molecule has 0 saturated carbocycles. The molecule has 116 valence electrons. The Kier molecular flexibility index (Phi) is 3.59. The van der Waals surface area contributed by atoms with Gasteiger partial charge < -0.3 is 10.2 Å². The molecule has 0 aromatic carbocycles. The third-order valence-corrected chi connectivity index (χ3v) is 5.25. The van der Waals surface area contributed by atoms with Gasteiger partial charge in [0.25, 0.3) is 10.0 Å². The van der Waals surface area contributed by atoms with Gasteiger partial charge in [-0.05, 0) is 39.3 Å². The van der Waals surface area contributed by atoms with Crippen molar-refractivity contribution >= 4 is 16.0 Å². The first-order valence-electron chi connectivity index (χ1n) is 6.40. The van der Waals surface area contributed by atoms with Crippen LogP contribution in [0.2, 0.25) is 0 Å². The van der Waals surface area contributed by atoms with Crippen LogP contribution in [0.5, 0.6) is 0 Å². The second-order valence-corrected chi connectivity index (χ2v) is 8.00. The maximum Gasteiger partial charge on any atom is 0.337 e. The maximum atomic E-state index is 12.4. The molecule has 0 amide bonds. The lowest BCUT2D eigenvalue weighted by atomic mass is 9.95. The molecule has 0 spiro atoms. The summed E-state index contributed by atoms with van der Waals surface area (Å²) in [6.07, 6.45) is 1.33. The summed E-state index contributed by atoms with van der Waals surface area (Å²) in [5, 5.41) is 18.4. The summed E-state index contributed by atoms with van der Waals surface area (Å²) in [5.41, 5.74) is -1.68. The molecule has 2 atom stereocenters. The van der Waals surface area contributed by atoms with E-state index in [0.29, 0.717) is 13.0 Å². The van der Waals surface area contributed by atoms with Gasteiger partial charge in [0.05, 0.1) is 16.7 Å². The molecular formula is C13H18N2O5S. The molecule has 0 bridgehead atoms. The normalized spacial score (nSPS) is 25.6. The average Bonchev–Trinajstić information content (AvgIpc) is 2.99. The third kappa shape index (κ3) is 3.22. The minimum absolute atomic E-state index is 0.0704. The molecule has 1 aromatic rings. The van der Waals surface area contributed by atoms with Crippen LogP contribution in [0.3, 0.4) is 0 Å². The molecule has 1 aromatic heterocycles. The van der Waals surface area contributed by atoms with Crippen LogP contribution in [0.25, 0.3) is 0 Å². The fraction of sp³-hybridized carbons (Fsp3) is 0.538. The summed E-state index contributed by atoms with van der Waals surface area (Å²) in [6, 6.07) is 2.39. The Labute approximate surface area is 123 Å². The highest BCUT2D eigenvalue weighted by molar-refractivity contribution is 7.89. The van der Waals surface area contributed by atoms with E-state index in [9.17, 15) is 18.3 Å². The number of carbonyl (C=O) groups is 1. The third-order valence-electron chi connectivity index (χ3n) is 3.33. The zero-order valence-electron chi connectivity index (χ0n) is 12.1. The van der Waals surface area contributed by atoms with Crippen LogP contribution in [0, 0.1) is 0 Å². The molecule has 0 aliphatic carbocycles. The Bertz CT molecular complexity index is 663. The summed E-state index contributed by atoms with van der Waals surface area (Å²) in [5.74, 6) is -1.16. The zero-order chi connectivity index (χ0) is 16.1. The summed E-state index contributed by atoms with van der Waals surface area (Å²) in [4.78, 5) is 14.5. The van der Waals surface area contributed by atoms with Gasteiger partial charge in [0.2, 0.25) is 0 Å². The number of carboxylic acids is 1. The number of carboxylic acid groups (broad SMARTS) is 1. The van der Waals surface area contributed by atoms with Crippen LogP contribution in [-0.4, -0.2) is 51.6 Å². The standard InChI is InChI=1S/C13H18N2O5S/c1-12(2,18)7-13(3)8-15(13)21(19,20)10-5-4-9(6-14-10)11(16)17/h4-6,18H,7-8H2,1-3H3,(H,16,17). The highest BCUT2D eigenvalue weighted by Crippen LogP contribution is 2.43. The Balaban J connectivity index is 2.22. The molecule has 8 heteroatoms. The number of aromatic nitrogens is 1. The van der Waals surface area contributed by atoms with Gasteiger partial charge >= 0.3 is 5.97 Å². The predicted octanol–water partition coefficient (Wildman–Crippen LogP) is 0.704. The molecule has 1 aliphatic rings. The Hall–Kier alpha value is -1.51. The first-order valence-corrected chi connectivity index (χ1v) is 7.84. The van der Waals surface area contributed by atoms with Crippen molar-refractivity contribution in [3.63, 3.8) is 0 Å². The van der Waals surface area contributed by atoms with E-state index in [-0.39, 0.29) is 10.6 Å². The Morgan fingerprint density at radius 3 is 2.52 bits per heavy atom. The molecule has 1 saturated heterocycles. The summed E-state index contributed by atoms with van der Waals surface area (Å²) in [6.45, 7) is 5.32. The first kappa shape index (κ1) is 15.9. The van der Waals surface area contributed by atoms with E-state index < -0.39 is 27.1 Å². The van der Waals surface area contributed by atoms with Crippen molar-refractivity contribution in [2.24, 2.45) is 0 Å². The Morgan fingerprint density at radius 1 is 1.48 bits per heavy atom. The molecule has 2 unspecified atom stereocenters. The van der Waals surface area contributed by atoms with Crippen molar-refractivity contribution in [2.75, 3.05) is 6.54 Å². The number of pyridine rings is 1. The van der Waals surface area contributed by atoms with Gasteiger partial charge in [0, 0.05) is 12.7 Å². The van der Waals surface area contributed by atoms with Gasteiger partial charge in [-0.2, -0.15) is 4.31 Å². The fourth-order valence-corrected chi connectivity index (χ4v) is 4.24. The highest BCUT2D eigenvalue weighted by atomic mass is 32.2. The monoisotopic (exact) mass is 314 g/mol. The lowest BCUT2D eigenvalue weighted by Crippen LogP contribution is -2.31. The number of rotatable bonds is 5. The van der Waals surface area contributed by atoms with Gasteiger partial charge in [-0.1, -0.05) is 0 Å². The first-order chi connectivity index (χ1) is 9.46. The van der Waals surface area contributed by atoms with Crippen LogP contribution >= 0.6 is 0 Å². The second kappa shape index (κ2) is 4.75. The van der Waals surface area contributed by atoms with Gasteiger partial charge in [-0.25, -0.2) is 18.2 Å². The predicted molar refractivity (Wildman–Crippen MR) is 74.4 cm³/mol. The van der Waals surface area contributed by atoms with Crippen molar-refractivity contribution < 1.29 is 23.4 Å². The molecule has 0 radical (unpaired) electrons. The minimum Gasteiger partial charge on any atom is -0.478 e. The van der Waals surface area contributed by atoms with Crippen LogP contribution in [0.15, 0.2) is 23.4 Å². The van der Waals surface area contributed by atoms with Crippen molar-refractivity contribution in [1.82, 2.24) is 9.29 Å². The van der Waals surface area contributed by atoms with E-state index in [0.717, 1.165) is 6.20 Å². The molecule has 2 rings (SSSR count). The maximum absolute atomic E-state index is 12.4. The van der Waals surface area contributed by atoms with Crippen LogP contribution in [0.1, 0.15) is 37.6 Å². The molecule has 1 aliphatic heterocycles. The van der Waals surface area contributed by atoms with Gasteiger partial charge in [-0.15, -0.1) is 0 Å². The van der Waals surface area contributed by atoms with Crippen molar-refractivity contribution in [3.8, 4) is 0 Å². The molecule has 2 N–H and O–H groups in total. The van der Waals surface area contributed by atoms with Crippen molar-refractivity contribution in [3.05, 3.63) is 23.9 Å². The molecule has 1 fully saturated rings. The minimum atomic E-state index is -3.77. The van der Waals surface area contributed by atoms with Crippen LogP contribution < -0.4 is 0 Å². The van der Waals surface area contributed by atoms with Gasteiger partial charge in [0.1, 0.15) is 0 Å². The molecule has 21 heavy (non-hydrogen) atoms. The summed E-state index contributed by atoms with van der Waals surface area (Å²) in [7, 11) is -3.77. The average molecular weight is 314 g/mol. The van der Waals surface area contributed by atoms with E-state index in [1.807, 2.05) is 0 Å². The topological polar surface area (TPSA) is 108 Å². The van der Waals surface area contributed by atoms with E-state index in [1.165, 1.54) is 16.4 Å². The number of aromatic carboxylic acids is 1. The largest absolute Gasteiger partial charge is 0.478 e. The number of hydrogen-bond acceptors (Lipinski definition) is 5. The lowest BCUT2D eigenvalue weighted by molar-refractivity contribution is 0.0584. The van der Waals surface area contributed by atoms with E-state index in [1.54, 1.807) is 20.8 Å². The summed E-state index contributed by atoms with van der Waals surface area (Å²) < 4.78 is 26.1. The number of nitrogens with zero attached hydrogens (tertiary/aromatic N) is 2. The quantitative estimate of drug-likeness (QED) is 0.775. The molecule has 7 nitrogen and oxygen atoms in total. The van der Waals surface area contributed by atoms with E-state index in [4.69, 9.17) is 5.11 Å². The Morgan fingerprint density at radius 2 is 2.10 bits per heavy atom. The highest BCUT2D eigenvalue weighted by Gasteiger charge is 2.57. The van der Waals surface area contributed by atoms with Crippen molar-refractivity contribution in [2.45, 2.75) is 43.4 Å². The SMILES string of the molecule is CC(C)(O)CC1(C)CN1S(=O)(=O)c1ccc(C(=O)O)cn1. The summed E-state index contributed by atoms with van der Waals surface area (Å²) >= 11 is 0. The lowest BCUT2D eigenvalue weighted by Gasteiger charge is -2.22. The van der Waals surface area contributed by atoms with E-state index in [2.05, 4.69) is 4.98 Å². The van der Waals surface area contributed by atoms with Crippen LogP contribution in [0.4, 0.5) is 0 Å². The smallest absolute Gasteiger partial charge is 0.337 e. The molecular weight excluding hydrogens is 296 g/mol. The number of sulfonamides is 1. The number of aliphatic hydroxyl groups is 1. The molecule has 2 heterocycles.